The van der Waals surface area contributed by atoms with Gasteiger partial charge in [-0.15, -0.1) is 5.10 Å². The third-order valence-corrected chi connectivity index (χ3v) is 5.93. The summed E-state index contributed by atoms with van der Waals surface area (Å²) in [6.45, 7) is -2.66. The average Bonchev–Trinajstić information content (AvgIpc) is 3.42. The Kier molecular flexibility index (Phi) is 5.01. The molecule has 1 N–H and O–H groups in total. The number of hydrogen-bond donors (Lipinski definition) is 1. The number of nitrogens with zero attached hydrogens (tertiary/aromatic N) is 5. The molecule has 0 aliphatic carbocycles. The van der Waals surface area contributed by atoms with E-state index < -0.39 is 12.7 Å². The lowest BCUT2D eigenvalue weighted by Crippen LogP contribution is -2.29. The van der Waals surface area contributed by atoms with Gasteiger partial charge in [-0.3, -0.25) is 14.6 Å². The molecule has 2 aromatic carbocycles. The lowest BCUT2D eigenvalue weighted by molar-refractivity contribution is -0.0499. The summed E-state index contributed by atoms with van der Waals surface area (Å²) in [7, 11) is 1.76. The van der Waals surface area contributed by atoms with Crippen LogP contribution < -0.4 is 4.74 Å². The van der Waals surface area contributed by atoms with E-state index in [2.05, 4.69) is 25.2 Å². The quantitative estimate of drug-likeness (QED) is 0.473. The monoisotopic (exact) mass is 458 g/mol. The number of aromatic amines is 1. The van der Waals surface area contributed by atoms with E-state index in [0.29, 0.717) is 34.6 Å². The molecule has 0 saturated heterocycles. The van der Waals surface area contributed by atoms with Crippen LogP contribution in [-0.4, -0.2) is 42.6 Å². The van der Waals surface area contributed by atoms with Crippen molar-refractivity contribution >= 4 is 28.5 Å². The van der Waals surface area contributed by atoms with Crippen LogP contribution in [0.25, 0.3) is 11.0 Å². The summed E-state index contributed by atoms with van der Waals surface area (Å²) in [5.74, 6) is -0.203. The van der Waals surface area contributed by atoms with Gasteiger partial charge in [0.2, 0.25) is 0 Å². The molecule has 4 aromatic rings. The van der Waals surface area contributed by atoms with Crippen molar-refractivity contribution in [2.24, 2.45) is 7.05 Å². The van der Waals surface area contributed by atoms with Crippen molar-refractivity contribution in [2.75, 3.05) is 0 Å². The molecule has 1 aliphatic heterocycles. The summed E-state index contributed by atoms with van der Waals surface area (Å²) in [4.78, 5) is 15.0. The standard InChI is InChI=1S/C21H17ClF2N6O2/c1-29-19(15(22)9-25-29)8-18-14-7-12(32-21(23)24)3-4-13(14)20(31)30(18)10-11-2-5-16-17(6-11)27-28-26-16/h2-7,9,18,21H,8,10H2,1H3,(H,26,27,28). The highest BCUT2D eigenvalue weighted by Crippen LogP contribution is 2.40. The summed E-state index contributed by atoms with van der Waals surface area (Å²) in [6, 6.07) is 9.54. The number of H-pyrrole nitrogens is 1. The Morgan fingerprint density at radius 3 is 2.84 bits per heavy atom. The maximum absolute atomic E-state index is 13.3. The minimum absolute atomic E-state index is 0.00137. The van der Waals surface area contributed by atoms with Gasteiger partial charge in [-0.1, -0.05) is 22.9 Å². The number of fused-ring (bicyclic) bond motifs is 2. The van der Waals surface area contributed by atoms with Crippen LogP contribution in [0, 0.1) is 0 Å². The summed E-state index contributed by atoms with van der Waals surface area (Å²) in [5, 5.41) is 15.2. The number of hydrogen-bond acceptors (Lipinski definition) is 5. The van der Waals surface area contributed by atoms with Crippen molar-refractivity contribution in [3.8, 4) is 5.75 Å². The number of benzene rings is 2. The zero-order valence-corrected chi connectivity index (χ0v) is 17.6. The highest BCUT2D eigenvalue weighted by Gasteiger charge is 2.38. The van der Waals surface area contributed by atoms with Gasteiger partial charge < -0.3 is 9.64 Å². The molecular formula is C21H17ClF2N6O2. The first-order chi connectivity index (χ1) is 15.4. The number of ether oxygens (including phenoxy) is 1. The molecule has 0 fully saturated rings. The van der Waals surface area contributed by atoms with Crippen LogP contribution in [0.15, 0.2) is 42.6 Å². The fourth-order valence-electron chi connectivity index (χ4n) is 4.08. The molecule has 164 valence electrons. The van der Waals surface area contributed by atoms with Gasteiger partial charge in [0, 0.05) is 25.6 Å². The first-order valence-electron chi connectivity index (χ1n) is 9.76. The van der Waals surface area contributed by atoms with Crippen LogP contribution >= 0.6 is 11.6 Å². The first kappa shape index (κ1) is 20.4. The van der Waals surface area contributed by atoms with Crippen molar-refractivity contribution < 1.29 is 18.3 Å². The molecule has 0 spiro atoms. The molecule has 1 unspecified atom stereocenters. The summed E-state index contributed by atoms with van der Waals surface area (Å²) in [5.41, 5.74) is 4.11. The SMILES string of the molecule is Cn1ncc(Cl)c1CC1c2cc(OC(F)F)ccc2C(=O)N1Cc1ccc2[nH]nnc2c1. The van der Waals surface area contributed by atoms with Gasteiger partial charge >= 0.3 is 6.61 Å². The van der Waals surface area contributed by atoms with Crippen LogP contribution in [-0.2, 0) is 20.0 Å². The molecule has 5 rings (SSSR count). The van der Waals surface area contributed by atoms with Gasteiger partial charge in [0.15, 0.2) is 0 Å². The van der Waals surface area contributed by atoms with Crippen molar-refractivity contribution in [1.29, 1.82) is 0 Å². The average molecular weight is 459 g/mol. The molecular weight excluding hydrogens is 442 g/mol. The van der Waals surface area contributed by atoms with Gasteiger partial charge in [0.1, 0.15) is 11.3 Å². The van der Waals surface area contributed by atoms with Crippen LogP contribution in [0.2, 0.25) is 5.02 Å². The number of carbonyl (C=O) groups excluding carboxylic acids is 1. The molecule has 0 radical (unpaired) electrons. The number of amides is 1. The summed E-state index contributed by atoms with van der Waals surface area (Å²) in [6.07, 6.45) is 1.89. The third-order valence-electron chi connectivity index (χ3n) is 5.62. The van der Waals surface area contributed by atoms with Gasteiger partial charge in [-0.25, -0.2) is 0 Å². The largest absolute Gasteiger partial charge is 0.435 e. The van der Waals surface area contributed by atoms with E-state index in [4.69, 9.17) is 11.6 Å². The highest BCUT2D eigenvalue weighted by atomic mass is 35.5. The van der Waals surface area contributed by atoms with Crippen LogP contribution in [0.5, 0.6) is 5.75 Å². The van der Waals surface area contributed by atoms with Crippen molar-refractivity contribution in [3.63, 3.8) is 0 Å². The smallest absolute Gasteiger partial charge is 0.387 e. The predicted molar refractivity (Wildman–Crippen MR) is 111 cm³/mol. The van der Waals surface area contributed by atoms with Crippen LogP contribution in [0.3, 0.4) is 0 Å². The Hall–Kier alpha value is -3.53. The summed E-state index contributed by atoms with van der Waals surface area (Å²) < 4.78 is 31.8. The lowest BCUT2D eigenvalue weighted by atomic mass is 10.00. The maximum Gasteiger partial charge on any atom is 0.387 e. The highest BCUT2D eigenvalue weighted by molar-refractivity contribution is 6.31. The van der Waals surface area contributed by atoms with E-state index >= 15 is 0 Å². The third kappa shape index (κ3) is 3.56. The molecule has 3 heterocycles. The Morgan fingerprint density at radius 1 is 1.25 bits per heavy atom. The molecule has 1 atom stereocenters. The Bertz CT molecular complexity index is 1300. The molecule has 32 heavy (non-hydrogen) atoms. The molecule has 0 saturated carbocycles. The Morgan fingerprint density at radius 2 is 2.09 bits per heavy atom. The number of aromatic nitrogens is 5. The zero-order chi connectivity index (χ0) is 22.4. The van der Waals surface area contributed by atoms with Gasteiger partial charge in [-0.05, 0) is 41.5 Å². The molecule has 1 aliphatic rings. The first-order valence-corrected chi connectivity index (χ1v) is 10.1. The number of halogens is 3. The molecule has 1 amide bonds. The van der Waals surface area contributed by atoms with Gasteiger partial charge in [0.05, 0.1) is 28.5 Å². The van der Waals surface area contributed by atoms with E-state index in [0.717, 1.165) is 16.8 Å². The second kappa shape index (κ2) is 7.86. The predicted octanol–water partition coefficient (Wildman–Crippen LogP) is 3.89. The van der Waals surface area contributed by atoms with Gasteiger partial charge in [0.25, 0.3) is 5.91 Å². The topological polar surface area (TPSA) is 88.9 Å². The Labute approximate surface area is 185 Å². The molecule has 8 nitrogen and oxygen atoms in total. The number of aryl methyl sites for hydroxylation is 1. The van der Waals surface area contributed by atoms with Crippen LogP contribution in [0.4, 0.5) is 8.78 Å². The van der Waals surface area contributed by atoms with E-state index in [1.807, 2.05) is 18.2 Å². The van der Waals surface area contributed by atoms with E-state index in [1.165, 1.54) is 24.4 Å². The second-order valence-corrected chi connectivity index (χ2v) is 7.91. The van der Waals surface area contributed by atoms with Gasteiger partial charge in [-0.2, -0.15) is 13.9 Å². The van der Waals surface area contributed by atoms with Crippen molar-refractivity contribution in [2.45, 2.75) is 25.6 Å². The minimum Gasteiger partial charge on any atom is -0.435 e. The summed E-state index contributed by atoms with van der Waals surface area (Å²) >= 11 is 6.32. The second-order valence-electron chi connectivity index (χ2n) is 7.51. The van der Waals surface area contributed by atoms with Crippen LogP contribution in [0.1, 0.15) is 33.2 Å². The zero-order valence-electron chi connectivity index (χ0n) is 16.8. The fourth-order valence-corrected chi connectivity index (χ4v) is 4.33. The minimum atomic E-state index is -2.96. The maximum atomic E-state index is 13.3. The van der Waals surface area contributed by atoms with Crippen molar-refractivity contribution in [1.82, 2.24) is 30.1 Å². The number of nitrogens with one attached hydrogen (secondary N) is 1. The number of carbonyl (C=O) groups is 1. The van der Waals surface area contributed by atoms with Crippen molar-refractivity contribution in [3.05, 3.63) is 70.0 Å². The number of alkyl halides is 2. The molecule has 0 bridgehead atoms. The fraction of sp³-hybridized carbons (Fsp3) is 0.238. The molecule has 11 heteroatoms. The normalized spacial score (nSPS) is 15.7. The number of rotatable bonds is 6. The van der Waals surface area contributed by atoms with E-state index in [9.17, 15) is 13.6 Å². The lowest BCUT2D eigenvalue weighted by Gasteiger charge is -2.26. The van der Waals surface area contributed by atoms with E-state index in [1.54, 1.807) is 16.6 Å². The van der Waals surface area contributed by atoms with E-state index in [-0.39, 0.29) is 11.7 Å². The Balaban J connectivity index is 1.54. The molecule has 2 aromatic heterocycles.